The number of pyridine rings is 1. The molecule has 0 saturated carbocycles. The molecule has 2 amide bonds. The van der Waals surface area contributed by atoms with Gasteiger partial charge in [0.05, 0.1) is 30.0 Å². The van der Waals surface area contributed by atoms with Crippen molar-refractivity contribution in [1.29, 1.82) is 0 Å². The highest BCUT2D eigenvalue weighted by Gasteiger charge is 2.47. The summed E-state index contributed by atoms with van der Waals surface area (Å²) in [6.45, 7) is 10.8. The average Bonchev–Trinajstić information content (AvgIpc) is 3.21. The van der Waals surface area contributed by atoms with Gasteiger partial charge in [-0.15, -0.1) is 0 Å². The molecule has 0 spiro atoms. The topological polar surface area (TPSA) is 68.7 Å². The molecule has 2 aliphatic rings. The lowest BCUT2D eigenvalue weighted by atomic mass is 9.84. The van der Waals surface area contributed by atoms with Crippen molar-refractivity contribution in [3.63, 3.8) is 0 Å². The molecular formula is C24H28N2O4. The number of rotatable bonds is 4. The molecule has 2 aromatic rings. The Labute approximate surface area is 177 Å². The Balaban J connectivity index is 1.53. The quantitative estimate of drug-likeness (QED) is 0.653. The van der Waals surface area contributed by atoms with Gasteiger partial charge in [0, 0.05) is 12.5 Å². The summed E-state index contributed by atoms with van der Waals surface area (Å²) in [6.07, 6.45) is 2.39. The van der Waals surface area contributed by atoms with E-state index in [1.54, 1.807) is 12.1 Å². The molecule has 6 heteroatoms. The van der Waals surface area contributed by atoms with Gasteiger partial charge in [-0.3, -0.25) is 9.59 Å². The molecule has 3 heterocycles. The summed E-state index contributed by atoms with van der Waals surface area (Å²) in [7, 11) is 0. The van der Waals surface area contributed by atoms with Crippen LogP contribution in [0.2, 0.25) is 0 Å². The van der Waals surface area contributed by atoms with Crippen LogP contribution in [-0.4, -0.2) is 16.8 Å². The van der Waals surface area contributed by atoms with Crippen LogP contribution in [0.5, 0.6) is 11.6 Å². The minimum Gasteiger partial charge on any atom is -0.439 e. The largest absolute Gasteiger partial charge is 0.439 e. The Morgan fingerprint density at radius 3 is 2.60 bits per heavy atom. The van der Waals surface area contributed by atoms with Crippen molar-refractivity contribution >= 4 is 17.5 Å². The van der Waals surface area contributed by atoms with E-state index in [1.807, 2.05) is 32.0 Å². The number of fused-ring (bicyclic) bond motifs is 1. The molecule has 0 aliphatic carbocycles. The first-order chi connectivity index (χ1) is 14.1. The lowest BCUT2D eigenvalue weighted by Gasteiger charge is -2.27. The van der Waals surface area contributed by atoms with Gasteiger partial charge in [-0.1, -0.05) is 40.7 Å². The van der Waals surface area contributed by atoms with E-state index in [4.69, 9.17) is 9.47 Å². The van der Waals surface area contributed by atoms with E-state index in [-0.39, 0.29) is 29.8 Å². The van der Waals surface area contributed by atoms with Crippen molar-refractivity contribution in [2.24, 2.45) is 10.8 Å². The van der Waals surface area contributed by atoms with Crippen LogP contribution in [0.3, 0.4) is 0 Å². The van der Waals surface area contributed by atoms with E-state index in [2.05, 4.69) is 25.8 Å². The summed E-state index contributed by atoms with van der Waals surface area (Å²) < 4.78 is 11.9. The van der Waals surface area contributed by atoms with Gasteiger partial charge >= 0.3 is 0 Å². The summed E-state index contributed by atoms with van der Waals surface area (Å²) in [6, 6.07) is 9.32. The third kappa shape index (κ3) is 3.49. The number of amides is 2. The number of imide groups is 1. The summed E-state index contributed by atoms with van der Waals surface area (Å²) >= 11 is 0. The van der Waals surface area contributed by atoms with Gasteiger partial charge in [-0.2, -0.15) is 0 Å². The highest BCUT2D eigenvalue weighted by atomic mass is 16.5. The van der Waals surface area contributed by atoms with Crippen molar-refractivity contribution in [2.75, 3.05) is 4.90 Å². The number of hydrogen-bond donors (Lipinski definition) is 0. The zero-order valence-electron chi connectivity index (χ0n) is 18.2. The highest BCUT2D eigenvalue weighted by molar-refractivity contribution is 6.22. The first-order valence-corrected chi connectivity index (χ1v) is 10.4. The number of ether oxygens (including phenoxy) is 2. The van der Waals surface area contributed by atoms with Crippen molar-refractivity contribution in [2.45, 2.75) is 60.2 Å². The molecule has 1 aromatic carbocycles. The molecule has 4 rings (SSSR count). The Bertz CT molecular complexity index is 993. The SMILES string of the molecule is CC[C@@]1(C)CC(=O)N(c2ccc(Oc3ccc4c(c3)C(C(C)(C)C)OC4)nc2)C1=O. The van der Waals surface area contributed by atoms with E-state index in [9.17, 15) is 9.59 Å². The van der Waals surface area contributed by atoms with Gasteiger partial charge in [0.2, 0.25) is 17.7 Å². The number of benzene rings is 1. The molecule has 1 aromatic heterocycles. The minimum atomic E-state index is -0.637. The number of carbonyl (C=O) groups is 2. The Morgan fingerprint density at radius 1 is 1.23 bits per heavy atom. The molecule has 158 valence electrons. The number of carbonyl (C=O) groups excluding carboxylic acids is 2. The van der Waals surface area contributed by atoms with E-state index in [0.717, 1.165) is 5.56 Å². The highest BCUT2D eigenvalue weighted by Crippen LogP contribution is 2.44. The molecule has 0 bridgehead atoms. The molecule has 2 aliphatic heterocycles. The number of nitrogens with zero attached hydrogens (tertiary/aromatic N) is 2. The number of hydrogen-bond acceptors (Lipinski definition) is 5. The van der Waals surface area contributed by atoms with Crippen LogP contribution in [-0.2, 0) is 20.9 Å². The second-order valence-corrected chi connectivity index (χ2v) is 9.50. The first-order valence-electron chi connectivity index (χ1n) is 10.4. The maximum absolute atomic E-state index is 12.7. The predicted octanol–water partition coefficient (Wildman–Crippen LogP) is 5.17. The van der Waals surface area contributed by atoms with Gasteiger partial charge < -0.3 is 9.47 Å². The zero-order valence-corrected chi connectivity index (χ0v) is 18.2. The minimum absolute atomic E-state index is 0.00837. The molecule has 1 fully saturated rings. The smallest absolute Gasteiger partial charge is 0.240 e. The van der Waals surface area contributed by atoms with Crippen LogP contribution in [0.15, 0.2) is 36.5 Å². The van der Waals surface area contributed by atoms with E-state index >= 15 is 0 Å². The fraction of sp³-hybridized carbons (Fsp3) is 0.458. The van der Waals surface area contributed by atoms with Crippen LogP contribution in [0.25, 0.3) is 0 Å². The van der Waals surface area contributed by atoms with Crippen molar-refractivity contribution in [3.05, 3.63) is 47.7 Å². The summed E-state index contributed by atoms with van der Waals surface area (Å²) in [5, 5.41) is 0. The van der Waals surface area contributed by atoms with E-state index < -0.39 is 5.41 Å². The predicted molar refractivity (Wildman–Crippen MR) is 113 cm³/mol. The van der Waals surface area contributed by atoms with Crippen LogP contribution < -0.4 is 9.64 Å². The maximum atomic E-state index is 12.7. The standard InChI is InChI=1S/C24H28N2O4/c1-6-24(5)12-20(27)26(22(24)28)16-8-10-19(25-13-16)30-17-9-7-15-14-29-21(18(15)11-17)23(2,3)4/h7-11,13,21H,6,12,14H2,1-5H3/t21?,24-/m0/s1. The van der Waals surface area contributed by atoms with Crippen LogP contribution in [0.1, 0.15) is 64.7 Å². The van der Waals surface area contributed by atoms with Crippen LogP contribution in [0, 0.1) is 10.8 Å². The fourth-order valence-corrected chi connectivity index (χ4v) is 4.09. The molecule has 0 N–H and O–H groups in total. The van der Waals surface area contributed by atoms with Gasteiger partial charge in [-0.25, -0.2) is 9.88 Å². The fourth-order valence-electron chi connectivity index (χ4n) is 4.09. The Kier molecular flexibility index (Phi) is 4.93. The number of aromatic nitrogens is 1. The third-order valence-corrected chi connectivity index (χ3v) is 6.08. The lowest BCUT2D eigenvalue weighted by molar-refractivity contribution is -0.125. The molecule has 1 saturated heterocycles. The molecule has 0 radical (unpaired) electrons. The van der Waals surface area contributed by atoms with Gasteiger partial charge in [0.15, 0.2) is 0 Å². The summed E-state index contributed by atoms with van der Waals surface area (Å²) in [5.74, 6) is 0.729. The lowest BCUT2D eigenvalue weighted by Crippen LogP contribution is -2.34. The second-order valence-electron chi connectivity index (χ2n) is 9.50. The molecule has 1 unspecified atom stereocenters. The van der Waals surface area contributed by atoms with E-state index in [1.165, 1.54) is 16.7 Å². The van der Waals surface area contributed by atoms with Crippen molar-refractivity contribution in [3.8, 4) is 11.6 Å². The maximum Gasteiger partial charge on any atom is 0.240 e. The molecule has 2 atom stereocenters. The van der Waals surface area contributed by atoms with Crippen LogP contribution in [0.4, 0.5) is 5.69 Å². The summed E-state index contributed by atoms with van der Waals surface area (Å²) in [4.78, 5) is 30.6. The molecule has 6 nitrogen and oxygen atoms in total. The second kappa shape index (κ2) is 7.20. The first kappa shape index (κ1) is 20.5. The summed E-state index contributed by atoms with van der Waals surface area (Å²) in [5.41, 5.74) is 2.15. The van der Waals surface area contributed by atoms with Crippen molar-refractivity contribution < 1.29 is 19.1 Å². The zero-order chi connectivity index (χ0) is 21.7. The van der Waals surface area contributed by atoms with Crippen molar-refractivity contribution in [1.82, 2.24) is 4.98 Å². The van der Waals surface area contributed by atoms with Gasteiger partial charge in [0.25, 0.3) is 0 Å². The molecular weight excluding hydrogens is 380 g/mol. The molecule has 30 heavy (non-hydrogen) atoms. The average molecular weight is 408 g/mol. The normalized spacial score (nSPS) is 23.8. The van der Waals surface area contributed by atoms with E-state index in [0.29, 0.717) is 30.3 Å². The Morgan fingerprint density at radius 2 is 2.00 bits per heavy atom. The van der Waals surface area contributed by atoms with Gasteiger partial charge in [0.1, 0.15) is 5.75 Å². The third-order valence-electron chi connectivity index (χ3n) is 6.08. The monoisotopic (exact) mass is 408 g/mol. The van der Waals surface area contributed by atoms with Crippen LogP contribution >= 0.6 is 0 Å². The van der Waals surface area contributed by atoms with Gasteiger partial charge in [-0.05, 0) is 41.2 Å². The number of anilines is 1. The Hall–Kier alpha value is -2.73.